The Morgan fingerprint density at radius 3 is 1.59 bits per heavy atom. The summed E-state index contributed by atoms with van der Waals surface area (Å²) in [5.41, 5.74) is 2.54. The van der Waals surface area contributed by atoms with Crippen LogP contribution in [0, 0.1) is 0 Å². The molecule has 4 heteroatoms. The standard InChI is InChI=1S/C25H39N3S/c1-26(2)22-10-14-24(15-11-22)29(5,21-9-20-28-18-7-6-8-19-28)25-16-12-23(13-17-25)27(3)4/h10-17H,6-9,18-21H2,1-5H3. The fourth-order valence-corrected chi connectivity index (χ4v) is 7.14. The lowest BCUT2D eigenvalue weighted by molar-refractivity contribution is 0.230. The molecule has 0 bridgehead atoms. The van der Waals surface area contributed by atoms with Crippen molar-refractivity contribution < 1.29 is 0 Å². The monoisotopic (exact) mass is 413 g/mol. The van der Waals surface area contributed by atoms with E-state index in [0.29, 0.717) is 0 Å². The first-order valence-corrected chi connectivity index (χ1v) is 13.1. The minimum atomic E-state index is -1.05. The molecule has 0 saturated carbocycles. The Kier molecular flexibility index (Phi) is 7.53. The fraction of sp³-hybridized carbons (Fsp3) is 0.520. The van der Waals surface area contributed by atoms with Crippen molar-refractivity contribution in [1.29, 1.82) is 0 Å². The van der Waals surface area contributed by atoms with E-state index in [1.165, 1.54) is 72.2 Å². The van der Waals surface area contributed by atoms with E-state index in [9.17, 15) is 0 Å². The average Bonchev–Trinajstić information content (AvgIpc) is 2.74. The maximum Gasteiger partial charge on any atom is 0.0361 e. The molecule has 1 heterocycles. The Morgan fingerprint density at radius 1 is 0.724 bits per heavy atom. The normalized spacial score (nSPS) is 15.9. The van der Waals surface area contributed by atoms with Crippen LogP contribution in [0.15, 0.2) is 58.3 Å². The third-order valence-electron chi connectivity index (χ3n) is 6.22. The molecule has 0 amide bonds. The molecule has 1 aliphatic heterocycles. The number of rotatable bonds is 8. The van der Waals surface area contributed by atoms with Crippen LogP contribution in [0.3, 0.4) is 0 Å². The molecule has 0 aromatic heterocycles. The zero-order chi connectivity index (χ0) is 20.9. The molecule has 160 valence electrons. The highest BCUT2D eigenvalue weighted by Crippen LogP contribution is 2.60. The van der Waals surface area contributed by atoms with Gasteiger partial charge in [0.25, 0.3) is 0 Å². The number of anilines is 2. The van der Waals surface area contributed by atoms with E-state index in [1.807, 2.05) is 0 Å². The number of benzene rings is 2. The second-order valence-corrected chi connectivity index (χ2v) is 12.4. The number of nitrogens with zero attached hydrogens (tertiary/aromatic N) is 3. The third kappa shape index (κ3) is 5.49. The van der Waals surface area contributed by atoms with Gasteiger partial charge in [0.2, 0.25) is 0 Å². The molecule has 2 aromatic rings. The van der Waals surface area contributed by atoms with Gasteiger partial charge in [0.1, 0.15) is 0 Å². The fourth-order valence-electron chi connectivity index (χ4n) is 4.22. The van der Waals surface area contributed by atoms with Gasteiger partial charge >= 0.3 is 0 Å². The van der Waals surface area contributed by atoms with E-state index in [-0.39, 0.29) is 0 Å². The highest BCUT2D eigenvalue weighted by atomic mass is 32.3. The van der Waals surface area contributed by atoms with Gasteiger partial charge in [0.15, 0.2) is 0 Å². The van der Waals surface area contributed by atoms with Crippen molar-refractivity contribution in [3.05, 3.63) is 48.5 Å². The molecule has 0 spiro atoms. The molecule has 2 aromatic carbocycles. The number of hydrogen-bond donors (Lipinski definition) is 0. The first-order chi connectivity index (χ1) is 13.9. The molecule has 3 nitrogen and oxygen atoms in total. The number of hydrogen-bond acceptors (Lipinski definition) is 3. The lowest BCUT2D eigenvalue weighted by atomic mass is 10.1. The van der Waals surface area contributed by atoms with Gasteiger partial charge in [-0.2, -0.15) is 10.0 Å². The maximum absolute atomic E-state index is 2.67. The molecular weight excluding hydrogens is 374 g/mol. The average molecular weight is 414 g/mol. The first-order valence-electron chi connectivity index (χ1n) is 10.9. The Bertz CT molecular complexity index is 695. The minimum Gasteiger partial charge on any atom is -0.378 e. The van der Waals surface area contributed by atoms with Crippen molar-refractivity contribution in [1.82, 2.24) is 4.90 Å². The number of piperidine rings is 1. The second-order valence-electron chi connectivity index (χ2n) is 8.82. The van der Waals surface area contributed by atoms with Gasteiger partial charge < -0.3 is 14.7 Å². The minimum absolute atomic E-state index is 1.05. The van der Waals surface area contributed by atoms with Crippen molar-refractivity contribution >= 4 is 21.4 Å². The van der Waals surface area contributed by atoms with E-state index in [2.05, 4.69) is 97.7 Å². The summed E-state index contributed by atoms with van der Waals surface area (Å²) < 4.78 is 0. The molecule has 0 unspecified atom stereocenters. The van der Waals surface area contributed by atoms with Crippen LogP contribution in [0.2, 0.25) is 0 Å². The SMILES string of the molecule is CN(C)c1ccc(S(C)(CCCN2CCCCC2)c2ccc(N(C)C)cc2)cc1. The summed E-state index contributed by atoms with van der Waals surface area (Å²) in [6.45, 7) is 3.83. The molecule has 0 atom stereocenters. The van der Waals surface area contributed by atoms with Crippen molar-refractivity contribution in [2.24, 2.45) is 0 Å². The van der Waals surface area contributed by atoms with Gasteiger partial charge in [-0.1, -0.05) is 6.42 Å². The van der Waals surface area contributed by atoms with Crippen molar-refractivity contribution in [3.8, 4) is 0 Å². The summed E-state index contributed by atoms with van der Waals surface area (Å²) in [6.07, 6.45) is 7.95. The van der Waals surface area contributed by atoms with E-state index >= 15 is 0 Å². The summed E-state index contributed by atoms with van der Waals surface area (Å²) in [7, 11) is 7.40. The molecule has 29 heavy (non-hydrogen) atoms. The first kappa shape index (κ1) is 22.0. The van der Waals surface area contributed by atoms with E-state index in [1.54, 1.807) is 0 Å². The molecule has 1 fully saturated rings. The molecule has 0 aliphatic carbocycles. The summed E-state index contributed by atoms with van der Waals surface area (Å²) in [4.78, 5) is 10.0. The molecule has 0 radical (unpaired) electrons. The zero-order valence-electron chi connectivity index (χ0n) is 19.0. The van der Waals surface area contributed by atoms with Crippen LogP contribution < -0.4 is 9.80 Å². The smallest absolute Gasteiger partial charge is 0.0361 e. The van der Waals surface area contributed by atoms with Crippen LogP contribution in [0.5, 0.6) is 0 Å². The molecule has 1 saturated heterocycles. The highest BCUT2D eigenvalue weighted by molar-refractivity contribution is 8.33. The van der Waals surface area contributed by atoms with Gasteiger partial charge in [-0.25, -0.2) is 0 Å². The third-order valence-corrected chi connectivity index (χ3v) is 9.95. The van der Waals surface area contributed by atoms with Gasteiger partial charge in [-0.05, 0) is 109 Å². The Balaban J connectivity index is 1.82. The maximum atomic E-state index is 2.67. The predicted octanol–water partition coefficient (Wildman–Crippen LogP) is 5.55. The summed E-state index contributed by atoms with van der Waals surface area (Å²) >= 11 is 0. The van der Waals surface area contributed by atoms with E-state index < -0.39 is 10.0 Å². The molecule has 0 N–H and O–H groups in total. The van der Waals surface area contributed by atoms with E-state index in [4.69, 9.17) is 0 Å². The molecule has 3 rings (SSSR count). The van der Waals surface area contributed by atoms with Gasteiger partial charge in [-0.15, -0.1) is 0 Å². The Morgan fingerprint density at radius 2 is 1.17 bits per heavy atom. The summed E-state index contributed by atoms with van der Waals surface area (Å²) in [5.74, 6) is 1.26. The topological polar surface area (TPSA) is 9.72 Å². The largest absolute Gasteiger partial charge is 0.378 e. The van der Waals surface area contributed by atoms with Crippen LogP contribution >= 0.6 is 10.0 Å². The van der Waals surface area contributed by atoms with Gasteiger partial charge in [-0.3, -0.25) is 0 Å². The van der Waals surface area contributed by atoms with Crippen LogP contribution in [0.4, 0.5) is 11.4 Å². The predicted molar refractivity (Wildman–Crippen MR) is 131 cm³/mol. The highest BCUT2D eigenvalue weighted by Gasteiger charge is 2.24. The Labute approximate surface area is 180 Å². The van der Waals surface area contributed by atoms with Gasteiger partial charge in [0, 0.05) is 39.6 Å². The van der Waals surface area contributed by atoms with Crippen LogP contribution in [0.25, 0.3) is 0 Å². The number of likely N-dealkylation sites (tertiary alicyclic amines) is 1. The second kappa shape index (κ2) is 9.90. The summed E-state index contributed by atoms with van der Waals surface area (Å²) in [5, 5.41) is 0. The quantitative estimate of drug-likeness (QED) is 0.562. The van der Waals surface area contributed by atoms with Gasteiger partial charge in [0.05, 0.1) is 0 Å². The van der Waals surface area contributed by atoms with Crippen molar-refractivity contribution in [3.63, 3.8) is 0 Å². The zero-order valence-corrected chi connectivity index (χ0v) is 19.8. The van der Waals surface area contributed by atoms with Crippen LogP contribution in [-0.4, -0.2) is 64.7 Å². The summed E-state index contributed by atoms with van der Waals surface area (Å²) in [6, 6.07) is 18.6. The lowest BCUT2D eigenvalue weighted by Gasteiger charge is -2.38. The van der Waals surface area contributed by atoms with Crippen molar-refractivity contribution in [2.75, 3.05) is 69.6 Å². The molecule has 1 aliphatic rings. The van der Waals surface area contributed by atoms with Crippen LogP contribution in [-0.2, 0) is 0 Å². The lowest BCUT2D eigenvalue weighted by Crippen LogP contribution is -2.31. The molecular formula is C25H39N3S. The van der Waals surface area contributed by atoms with Crippen molar-refractivity contribution in [2.45, 2.75) is 35.5 Å². The van der Waals surface area contributed by atoms with Crippen LogP contribution in [0.1, 0.15) is 25.7 Å². The van der Waals surface area contributed by atoms with E-state index in [0.717, 1.165) is 0 Å². The Hall–Kier alpha value is -1.65.